The van der Waals surface area contributed by atoms with Gasteiger partial charge in [-0.1, -0.05) is 0 Å². The molecule has 1 aliphatic rings. The lowest BCUT2D eigenvalue weighted by molar-refractivity contribution is -0.456. The van der Waals surface area contributed by atoms with E-state index in [0.29, 0.717) is 0 Å². The number of guanidine groups is 1. The number of hydrogen-bond donors (Lipinski definition) is 3. The summed E-state index contributed by atoms with van der Waals surface area (Å²) in [6.07, 6.45) is 1.76. The summed E-state index contributed by atoms with van der Waals surface area (Å²) in [7, 11) is 0. The lowest BCUT2D eigenvalue weighted by atomic mass is 10.2. The zero-order valence-electron chi connectivity index (χ0n) is 12.5. The summed E-state index contributed by atoms with van der Waals surface area (Å²) >= 11 is 0. The Morgan fingerprint density at radius 1 is 1.23 bits per heavy atom. The topological polar surface area (TPSA) is 102 Å². The van der Waals surface area contributed by atoms with E-state index in [4.69, 9.17) is 20.9 Å². The summed E-state index contributed by atoms with van der Waals surface area (Å²) in [4.78, 5) is 0. The third-order valence-electron chi connectivity index (χ3n) is 3.50. The second-order valence-corrected chi connectivity index (χ2v) is 5.01. The third kappa shape index (κ3) is 2.48. The van der Waals surface area contributed by atoms with Gasteiger partial charge in [0.05, 0.1) is 5.56 Å². The van der Waals surface area contributed by atoms with E-state index < -0.39 is 0 Å². The van der Waals surface area contributed by atoms with E-state index in [9.17, 15) is 0 Å². The molecule has 0 bridgehead atoms. The van der Waals surface area contributed by atoms with Crippen molar-refractivity contribution in [2.75, 3.05) is 6.79 Å². The molecule has 0 unspecified atom stereocenters. The number of aryl methyl sites for hydroxylation is 1. The van der Waals surface area contributed by atoms with Gasteiger partial charge in [0.15, 0.2) is 11.5 Å². The van der Waals surface area contributed by atoms with Crippen LogP contribution in [0.1, 0.15) is 17.0 Å². The van der Waals surface area contributed by atoms with Crippen LogP contribution in [0.4, 0.5) is 0 Å². The number of ether oxygens (including phenoxy) is 2. The van der Waals surface area contributed by atoms with Gasteiger partial charge in [-0.25, -0.2) is 0 Å². The fraction of sp³-hybridized carbons (Fsp3) is 0.200. The van der Waals surface area contributed by atoms with Crippen LogP contribution in [-0.2, 0) is 0 Å². The third-order valence-corrected chi connectivity index (χ3v) is 3.50. The average molecular weight is 300 g/mol. The van der Waals surface area contributed by atoms with Crippen LogP contribution in [0, 0.1) is 13.8 Å². The minimum Gasteiger partial charge on any atom is -0.454 e. The fourth-order valence-electron chi connectivity index (χ4n) is 2.53. The zero-order chi connectivity index (χ0) is 15.7. The Morgan fingerprint density at radius 3 is 2.77 bits per heavy atom. The summed E-state index contributed by atoms with van der Waals surface area (Å²) in [6.45, 7) is 4.33. The lowest BCUT2D eigenvalue weighted by Crippen LogP contribution is -2.63. The molecule has 2 aromatic rings. The van der Waals surface area contributed by atoms with E-state index in [1.807, 2.05) is 32.0 Å². The van der Waals surface area contributed by atoms with Gasteiger partial charge >= 0.3 is 0 Å². The molecule has 114 valence electrons. The number of hydrogen-bond acceptors (Lipinski definition) is 3. The first kappa shape index (κ1) is 14.0. The van der Waals surface area contributed by atoms with Crippen LogP contribution in [0.3, 0.4) is 0 Å². The van der Waals surface area contributed by atoms with Gasteiger partial charge in [0.1, 0.15) is 0 Å². The number of nitrogens with two attached hydrogens (primary N) is 2. The molecule has 0 saturated carbocycles. The zero-order valence-corrected chi connectivity index (χ0v) is 12.5. The summed E-state index contributed by atoms with van der Waals surface area (Å²) in [6, 6.07) is 7.93. The molecule has 0 aliphatic carbocycles. The number of rotatable bonds is 3. The molecule has 1 aliphatic heterocycles. The summed E-state index contributed by atoms with van der Waals surface area (Å²) in [5.74, 6) is 1.52. The molecule has 0 saturated heterocycles. The van der Waals surface area contributed by atoms with Crippen LogP contribution >= 0.6 is 0 Å². The maximum absolute atomic E-state index is 5.44. The number of nitrogens with zero attached hydrogens (tertiary/aromatic N) is 2. The molecule has 7 heteroatoms. The Kier molecular flexibility index (Phi) is 3.46. The second kappa shape index (κ2) is 5.44. The summed E-state index contributed by atoms with van der Waals surface area (Å²) in [5.41, 5.74) is 14.7. The monoisotopic (exact) mass is 300 g/mol. The van der Waals surface area contributed by atoms with Crippen LogP contribution in [0.5, 0.6) is 11.5 Å². The highest BCUT2D eigenvalue weighted by molar-refractivity contribution is 5.79. The Hall–Kier alpha value is -2.96. The lowest BCUT2D eigenvalue weighted by Gasteiger charge is -2.10. The maximum Gasteiger partial charge on any atom is 0.256 e. The first-order chi connectivity index (χ1) is 10.6. The highest BCUT2D eigenvalue weighted by atomic mass is 16.7. The van der Waals surface area contributed by atoms with Crippen molar-refractivity contribution in [2.45, 2.75) is 13.8 Å². The van der Waals surface area contributed by atoms with E-state index in [1.165, 1.54) is 0 Å². The molecule has 0 amide bonds. The molecular weight excluding hydrogens is 282 g/mol. The van der Waals surface area contributed by atoms with E-state index >= 15 is 0 Å². The van der Waals surface area contributed by atoms with Gasteiger partial charge in [0.25, 0.3) is 5.96 Å². The number of hydrazone groups is 1. The van der Waals surface area contributed by atoms with Gasteiger partial charge in [0.2, 0.25) is 13.0 Å². The quantitative estimate of drug-likeness (QED) is 0.404. The number of aromatic nitrogens is 1. The summed E-state index contributed by atoms with van der Waals surface area (Å²) < 4.78 is 12.9. The maximum atomic E-state index is 5.44. The van der Waals surface area contributed by atoms with E-state index in [-0.39, 0.29) is 12.8 Å². The number of benzene rings is 1. The van der Waals surface area contributed by atoms with Crippen LogP contribution in [0.15, 0.2) is 29.4 Å². The molecule has 22 heavy (non-hydrogen) atoms. The Bertz CT molecular complexity index is 772. The van der Waals surface area contributed by atoms with E-state index in [2.05, 4.69) is 20.8 Å². The predicted molar refractivity (Wildman–Crippen MR) is 83.3 cm³/mol. The normalized spacial score (nSPS) is 12.8. The molecule has 0 radical (unpaired) electrons. The molecule has 1 aromatic carbocycles. The van der Waals surface area contributed by atoms with Crippen molar-refractivity contribution in [2.24, 2.45) is 16.6 Å². The predicted octanol–water partition coefficient (Wildman–Crippen LogP) is -0.489. The van der Waals surface area contributed by atoms with Gasteiger partial charge in [0, 0.05) is 28.2 Å². The first-order valence-corrected chi connectivity index (χ1v) is 6.82. The Balaban J connectivity index is 1.99. The van der Waals surface area contributed by atoms with Gasteiger partial charge in [-0.15, -0.1) is 5.10 Å². The molecule has 2 heterocycles. The minimum atomic E-state index is -0.0131. The van der Waals surface area contributed by atoms with Gasteiger partial charge in [-0.3, -0.25) is 0 Å². The number of fused-ring (bicyclic) bond motifs is 1. The van der Waals surface area contributed by atoms with Crippen molar-refractivity contribution in [1.82, 2.24) is 4.57 Å². The summed E-state index contributed by atoms with van der Waals surface area (Å²) in [5, 5.41) is 6.47. The highest BCUT2D eigenvalue weighted by Gasteiger charge is 2.16. The molecule has 0 fully saturated rings. The first-order valence-electron chi connectivity index (χ1n) is 6.82. The van der Waals surface area contributed by atoms with Crippen molar-refractivity contribution in [3.8, 4) is 17.2 Å². The van der Waals surface area contributed by atoms with Crippen LogP contribution in [0.2, 0.25) is 0 Å². The highest BCUT2D eigenvalue weighted by Crippen LogP contribution is 2.34. The molecule has 3 rings (SSSR count). The van der Waals surface area contributed by atoms with Crippen molar-refractivity contribution >= 4 is 12.2 Å². The van der Waals surface area contributed by atoms with Gasteiger partial charge < -0.3 is 25.5 Å². The largest absolute Gasteiger partial charge is 0.454 e. The number of nitrogens with one attached hydrogen (secondary N) is 1. The van der Waals surface area contributed by atoms with Crippen molar-refractivity contribution < 1.29 is 14.6 Å². The smallest absolute Gasteiger partial charge is 0.256 e. The fourth-order valence-corrected chi connectivity index (χ4v) is 2.53. The van der Waals surface area contributed by atoms with Gasteiger partial charge in [-0.05, 0) is 32.0 Å². The van der Waals surface area contributed by atoms with Crippen molar-refractivity contribution in [3.05, 3.63) is 41.2 Å². The van der Waals surface area contributed by atoms with Crippen LogP contribution in [0.25, 0.3) is 5.69 Å². The molecule has 1 aromatic heterocycles. The minimum absolute atomic E-state index is 0.0131. The van der Waals surface area contributed by atoms with Gasteiger partial charge in [-0.2, -0.15) is 0 Å². The SMILES string of the molecule is Cc1cc(/C=[NH+]/N=C(N)N)c(C)n1-c1ccc2c(c1)OCO2. The Morgan fingerprint density at radius 2 is 2.00 bits per heavy atom. The average Bonchev–Trinajstić information content (AvgIpc) is 3.03. The molecule has 5 N–H and O–H groups in total. The van der Waals surface area contributed by atoms with Crippen molar-refractivity contribution in [3.63, 3.8) is 0 Å². The van der Waals surface area contributed by atoms with Crippen molar-refractivity contribution in [1.29, 1.82) is 0 Å². The Labute approximate surface area is 127 Å². The molecule has 0 atom stereocenters. The van der Waals surface area contributed by atoms with E-state index in [0.717, 1.165) is 34.1 Å². The van der Waals surface area contributed by atoms with Crippen LogP contribution in [-0.4, -0.2) is 23.5 Å². The molecule has 0 spiro atoms. The molecular formula is C15H18N5O2+. The standard InChI is InChI=1S/C15H17N5O2/c1-9-5-11(7-18-19-15(16)17)10(2)20(9)12-3-4-13-14(6-12)22-8-21-13/h3-7H,8H2,1-2H3,(H4,16,17,19)/p+1/b18-7+. The second-order valence-electron chi connectivity index (χ2n) is 5.01. The van der Waals surface area contributed by atoms with Crippen LogP contribution < -0.4 is 26.0 Å². The van der Waals surface area contributed by atoms with E-state index in [1.54, 1.807) is 6.21 Å². The molecule has 7 nitrogen and oxygen atoms in total.